The number of carbonyl (C=O) groups is 1. The van der Waals surface area contributed by atoms with Crippen LogP contribution in [0.4, 0.5) is 0 Å². The molecule has 0 unspecified atom stereocenters. The Hall–Kier alpha value is -3.00. The Bertz CT molecular complexity index is 1060. The molecule has 0 bridgehead atoms. The fourth-order valence-electron chi connectivity index (χ4n) is 3.15. The van der Waals surface area contributed by atoms with E-state index in [4.69, 9.17) is 0 Å². The van der Waals surface area contributed by atoms with Crippen LogP contribution in [0.15, 0.2) is 71.8 Å². The predicted octanol–water partition coefficient (Wildman–Crippen LogP) is 2.19. The molecule has 4 rings (SSSR count). The van der Waals surface area contributed by atoms with Gasteiger partial charge in [-0.2, -0.15) is 0 Å². The largest absolute Gasteiger partial charge is 0.338 e. The van der Waals surface area contributed by atoms with Crippen LogP contribution in [-0.4, -0.2) is 53.1 Å². The molecule has 2 heterocycles. The third kappa shape index (κ3) is 3.82. The van der Waals surface area contributed by atoms with E-state index in [0.29, 0.717) is 13.1 Å². The summed E-state index contributed by atoms with van der Waals surface area (Å²) in [5.74, 6) is -0.336. The normalized spacial score (nSPS) is 14.6. The van der Waals surface area contributed by atoms with Gasteiger partial charge in [-0.05, 0) is 12.1 Å². The van der Waals surface area contributed by atoms with Crippen LogP contribution in [0.3, 0.4) is 0 Å². The third-order valence-corrected chi connectivity index (χ3v) is 6.59. The Morgan fingerprint density at radius 2 is 1.64 bits per heavy atom. The van der Waals surface area contributed by atoms with Gasteiger partial charge in [0.15, 0.2) is 9.84 Å². The SMILES string of the molecule is O=C(CCS(=O)(=O)c1ccccc1)N1CC(n2cc(-c3ccccc3)nn2)C1. The van der Waals surface area contributed by atoms with Crippen LogP contribution >= 0.6 is 0 Å². The first-order valence-corrected chi connectivity index (χ1v) is 10.7. The second-order valence-electron chi connectivity index (χ2n) is 6.78. The number of aromatic nitrogens is 3. The van der Waals surface area contributed by atoms with Crippen LogP contribution in [0.2, 0.25) is 0 Å². The van der Waals surface area contributed by atoms with E-state index in [1.54, 1.807) is 39.9 Å². The minimum atomic E-state index is -3.44. The van der Waals surface area contributed by atoms with E-state index in [0.717, 1.165) is 11.3 Å². The first-order valence-electron chi connectivity index (χ1n) is 9.06. The zero-order valence-electron chi connectivity index (χ0n) is 15.2. The molecular formula is C20H20N4O3S. The van der Waals surface area contributed by atoms with Crippen LogP contribution in [0.5, 0.6) is 0 Å². The zero-order valence-corrected chi connectivity index (χ0v) is 16.0. The van der Waals surface area contributed by atoms with Gasteiger partial charge >= 0.3 is 0 Å². The second kappa shape index (κ2) is 7.55. The lowest BCUT2D eigenvalue weighted by Crippen LogP contribution is -2.51. The van der Waals surface area contributed by atoms with E-state index in [2.05, 4.69) is 10.3 Å². The summed E-state index contributed by atoms with van der Waals surface area (Å²) in [6, 6.07) is 18.1. The van der Waals surface area contributed by atoms with Gasteiger partial charge in [-0.3, -0.25) is 4.79 Å². The highest BCUT2D eigenvalue weighted by Gasteiger charge is 2.33. The van der Waals surface area contributed by atoms with Gasteiger partial charge in [0.1, 0.15) is 5.69 Å². The van der Waals surface area contributed by atoms with Crippen molar-refractivity contribution in [2.45, 2.75) is 17.4 Å². The number of benzene rings is 2. The minimum absolute atomic E-state index is 0.0173. The number of amides is 1. The summed E-state index contributed by atoms with van der Waals surface area (Å²) in [6.07, 6.45) is 1.86. The van der Waals surface area contributed by atoms with E-state index in [1.165, 1.54) is 0 Å². The fourth-order valence-corrected chi connectivity index (χ4v) is 4.40. The maximum atomic E-state index is 12.3. The highest BCUT2D eigenvalue weighted by Crippen LogP contribution is 2.24. The van der Waals surface area contributed by atoms with Gasteiger partial charge < -0.3 is 4.90 Å². The van der Waals surface area contributed by atoms with Crippen LogP contribution < -0.4 is 0 Å². The lowest BCUT2D eigenvalue weighted by Gasteiger charge is -2.38. The van der Waals surface area contributed by atoms with Crippen molar-refractivity contribution in [3.05, 3.63) is 66.9 Å². The molecule has 1 aliphatic rings. The summed E-state index contributed by atoms with van der Waals surface area (Å²) in [4.78, 5) is 14.2. The van der Waals surface area contributed by atoms with Gasteiger partial charge in [-0.1, -0.05) is 53.7 Å². The van der Waals surface area contributed by atoms with Crippen molar-refractivity contribution in [3.8, 4) is 11.3 Å². The smallest absolute Gasteiger partial charge is 0.223 e. The van der Waals surface area contributed by atoms with Crippen LogP contribution in [0, 0.1) is 0 Å². The zero-order chi connectivity index (χ0) is 19.6. The number of nitrogens with zero attached hydrogens (tertiary/aromatic N) is 4. The second-order valence-corrected chi connectivity index (χ2v) is 8.89. The summed E-state index contributed by atoms with van der Waals surface area (Å²) in [6.45, 7) is 1.03. The van der Waals surface area contributed by atoms with Crippen molar-refractivity contribution < 1.29 is 13.2 Å². The van der Waals surface area contributed by atoms with Gasteiger partial charge in [0.25, 0.3) is 0 Å². The van der Waals surface area contributed by atoms with Crippen molar-refractivity contribution in [3.63, 3.8) is 0 Å². The summed E-state index contributed by atoms with van der Waals surface area (Å²) < 4.78 is 26.4. The molecule has 1 amide bonds. The van der Waals surface area contributed by atoms with Crippen molar-refractivity contribution >= 4 is 15.7 Å². The number of hydrogen-bond acceptors (Lipinski definition) is 5. The third-order valence-electron chi connectivity index (χ3n) is 4.86. The average Bonchev–Trinajstić information content (AvgIpc) is 3.16. The Morgan fingerprint density at radius 3 is 2.32 bits per heavy atom. The maximum absolute atomic E-state index is 12.3. The van der Waals surface area contributed by atoms with Crippen molar-refractivity contribution in [1.82, 2.24) is 19.9 Å². The van der Waals surface area contributed by atoms with Gasteiger partial charge in [0, 0.05) is 25.1 Å². The molecule has 2 aromatic carbocycles. The molecule has 1 saturated heterocycles. The Balaban J connectivity index is 1.31. The quantitative estimate of drug-likeness (QED) is 0.638. The molecule has 0 saturated carbocycles. The molecule has 3 aromatic rings. The van der Waals surface area contributed by atoms with Gasteiger partial charge in [-0.25, -0.2) is 13.1 Å². The molecule has 144 valence electrons. The van der Waals surface area contributed by atoms with Gasteiger partial charge in [0.2, 0.25) is 5.91 Å². The first kappa shape index (κ1) is 18.4. The molecule has 0 aliphatic carbocycles. The molecule has 0 atom stereocenters. The van der Waals surface area contributed by atoms with E-state index in [-0.39, 0.29) is 29.0 Å². The summed E-state index contributed by atoms with van der Waals surface area (Å²) >= 11 is 0. The van der Waals surface area contributed by atoms with Crippen molar-refractivity contribution in [1.29, 1.82) is 0 Å². The van der Waals surface area contributed by atoms with E-state index in [1.807, 2.05) is 36.5 Å². The monoisotopic (exact) mass is 396 g/mol. The molecule has 1 aliphatic heterocycles. The fraction of sp³-hybridized carbons (Fsp3) is 0.250. The number of rotatable bonds is 6. The Kier molecular flexibility index (Phi) is 4.95. The number of carbonyl (C=O) groups excluding carboxylic acids is 1. The topological polar surface area (TPSA) is 85.2 Å². The van der Waals surface area contributed by atoms with Crippen LogP contribution in [0.25, 0.3) is 11.3 Å². The number of sulfone groups is 1. The summed E-state index contributed by atoms with van der Waals surface area (Å²) in [7, 11) is -3.44. The highest BCUT2D eigenvalue weighted by molar-refractivity contribution is 7.91. The molecule has 1 aromatic heterocycles. The standard InChI is InChI=1S/C20H20N4O3S/c25-20(11-12-28(26,27)18-9-5-2-6-10-18)23-13-17(14-23)24-15-19(21-22-24)16-7-3-1-4-8-16/h1-10,15,17H,11-14H2. The lowest BCUT2D eigenvalue weighted by molar-refractivity contribution is -0.136. The predicted molar refractivity (Wildman–Crippen MR) is 104 cm³/mol. The molecule has 0 N–H and O–H groups in total. The number of likely N-dealkylation sites (tertiary alicyclic amines) is 1. The Labute approximate surface area is 163 Å². The highest BCUT2D eigenvalue weighted by atomic mass is 32.2. The Morgan fingerprint density at radius 1 is 1.00 bits per heavy atom. The average molecular weight is 396 g/mol. The van der Waals surface area contributed by atoms with Crippen molar-refractivity contribution in [2.75, 3.05) is 18.8 Å². The molecule has 7 nitrogen and oxygen atoms in total. The van der Waals surface area contributed by atoms with E-state index in [9.17, 15) is 13.2 Å². The summed E-state index contributed by atoms with van der Waals surface area (Å²) in [5, 5.41) is 8.36. The maximum Gasteiger partial charge on any atom is 0.223 e. The van der Waals surface area contributed by atoms with E-state index >= 15 is 0 Å². The van der Waals surface area contributed by atoms with Crippen molar-refractivity contribution in [2.24, 2.45) is 0 Å². The molecule has 0 radical (unpaired) electrons. The molecule has 8 heteroatoms. The molecule has 28 heavy (non-hydrogen) atoms. The van der Waals surface area contributed by atoms with Crippen LogP contribution in [0.1, 0.15) is 12.5 Å². The first-order chi connectivity index (χ1) is 13.5. The molecular weight excluding hydrogens is 376 g/mol. The van der Waals surface area contributed by atoms with Gasteiger partial charge in [0.05, 0.1) is 22.9 Å². The lowest BCUT2D eigenvalue weighted by atomic mass is 10.1. The molecule has 0 spiro atoms. The van der Waals surface area contributed by atoms with E-state index < -0.39 is 9.84 Å². The number of hydrogen-bond donors (Lipinski definition) is 0. The van der Waals surface area contributed by atoms with Gasteiger partial charge in [-0.15, -0.1) is 5.10 Å². The summed E-state index contributed by atoms with van der Waals surface area (Å²) in [5.41, 5.74) is 1.78. The van der Waals surface area contributed by atoms with Crippen LogP contribution in [-0.2, 0) is 14.6 Å². The minimum Gasteiger partial charge on any atom is -0.338 e. The molecule has 1 fully saturated rings.